The second-order valence-corrected chi connectivity index (χ2v) is 4.94. The van der Waals surface area contributed by atoms with E-state index >= 15 is 0 Å². The van der Waals surface area contributed by atoms with E-state index < -0.39 is 21.7 Å². The average molecular weight is 280 g/mol. The van der Waals surface area contributed by atoms with Crippen molar-refractivity contribution in [3.05, 3.63) is 17.5 Å². The van der Waals surface area contributed by atoms with Crippen LogP contribution >= 0.6 is 11.6 Å². The van der Waals surface area contributed by atoms with Gasteiger partial charge in [0.15, 0.2) is 5.75 Å². The first-order chi connectivity index (χ1) is 7.93. The fraction of sp³-hybridized carbons (Fsp3) is 0.375. The second kappa shape index (κ2) is 5.78. The van der Waals surface area contributed by atoms with Gasteiger partial charge in [0.1, 0.15) is 5.82 Å². The van der Waals surface area contributed by atoms with Crippen molar-refractivity contribution in [3.63, 3.8) is 0 Å². The average Bonchev–Trinajstić information content (AvgIpc) is 2.15. The van der Waals surface area contributed by atoms with Crippen LogP contribution in [0.2, 0.25) is 5.28 Å². The monoisotopic (exact) mass is 279 g/mol. The first-order valence-electron chi connectivity index (χ1n) is 4.57. The predicted molar refractivity (Wildman–Crippen MR) is 61.1 cm³/mol. The number of hydrogen-bond acceptors (Lipinski definition) is 6. The summed E-state index contributed by atoms with van der Waals surface area (Å²) in [6, 6.07) is 1.31. The Morgan fingerprint density at radius 2 is 2.29 bits per heavy atom. The molecule has 0 unspecified atom stereocenters. The van der Waals surface area contributed by atoms with Gasteiger partial charge >= 0.3 is 5.97 Å². The molecule has 1 rings (SSSR count). The van der Waals surface area contributed by atoms with Gasteiger partial charge in [0.05, 0.1) is 6.61 Å². The summed E-state index contributed by atoms with van der Waals surface area (Å²) in [7, 11) is -3.85. The van der Waals surface area contributed by atoms with Crippen LogP contribution in [0, 0.1) is 0 Å². The van der Waals surface area contributed by atoms with Crippen molar-refractivity contribution in [2.75, 3.05) is 17.1 Å². The Morgan fingerprint density at radius 1 is 1.59 bits per heavy atom. The number of rotatable bonds is 5. The number of ether oxygens (including phenoxy) is 1. The van der Waals surface area contributed by atoms with Crippen LogP contribution in [0.3, 0.4) is 0 Å². The zero-order chi connectivity index (χ0) is 12.9. The smallest absolute Gasteiger partial charge is 0.323 e. The number of halogens is 1. The Morgan fingerprint density at radius 3 is 2.88 bits per heavy atom. The Labute approximate surface area is 103 Å². The SMILES string of the molecule is CCOC(=O)CS(=O)(=O)Nc1ccnc(Cl)n1. The van der Waals surface area contributed by atoms with E-state index in [1.165, 1.54) is 12.3 Å². The minimum absolute atomic E-state index is 0.00528. The lowest BCUT2D eigenvalue weighted by Crippen LogP contribution is -2.24. The summed E-state index contributed by atoms with van der Waals surface area (Å²) in [4.78, 5) is 18.2. The zero-order valence-corrected chi connectivity index (χ0v) is 10.5. The molecule has 1 heterocycles. The lowest BCUT2D eigenvalue weighted by atomic mass is 10.6. The second-order valence-electron chi connectivity index (χ2n) is 2.88. The van der Waals surface area contributed by atoms with Crippen LogP contribution in [0.4, 0.5) is 5.82 Å². The van der Waals surface area contributed by atoms with Crippen molar-refractivity contribution in [2.24, 2.45) is 0 Å². The third-order valence-electron chi connectivity index (χ3n) is 1.50. The van der Waals surface area contributed by atoms with E-state index in [1.807, 2.05) is 0 Å². The molecule has 0 radical (unpaired) electrons. The Kier molecular flexibility index (Phi) is 4.64. The summed E-state index contributed by atoms with van der Waals surface area (Å²) in [6.07, 6.45) is 1.29. The number of nitrogens with zero attached hydrogens (tertiary/aromatic N) is 2. The van der Waals surface area contributed by atoms with Crippen molar-refractivity contribution in [2.45, 2.75) is 6.92 Å². The molecule has 1 aromatic rings. The predicted octanol–water partition coefficient (Wildman–Crippen LogP) is 0.435. The molecule has 94 valence electrons. The van der Waals surface area contributed by atoms with E-state index in [2.05, 4.69) is 19.4 Å². The number of nitrogens with one attached hydrogen (secondary N) is 1. The van der Waals surface area contributed by atoms with E-state index in [0.29, 0.717) is 0 Å². The number of esters is 1. The quantitative estimate of drug-likeness (QED) is 0.620. The summed E-state index contributed by atoms with van der Waals surface area (Å²) in [6.45, 7) is 1.70. The van der Waals surface area contributed by atoms with Gasteiger partial charge in [-0.15, -0.1) is 0 Å². The molecule has 0 aromatic carbocycles. The van der Waals surface area contributed by atoms with Crippen molar-refractivity contribution in [1.29, 1.82) is 0 Å². The van der Waals surface area contributed by atoms with E-state index in [-0.39, 0.29) is 17.7 Å². The number of carbonyl (C=O) groups is 1. The maximum Gasteiger partial charge on any atom is 0.323 e. The highest BCUT2D eigenvalue weighted by Crippen LogP contribution is 2.08. The van der Waals surface area contributed by atoms with Crippen LogP contribution in [0.1, 0.15) is 6.92 Å². The lowest BCUT2D eigenvalue weighted by molar-refractivity contribution is -0.139. The molecule has 0 bridgehead atoms. The number of hydrogen-bond donors (Lipinski definition) is 1. The van der Waals surface area contributed by atoms with Gasteiger partial charge in [-0.05, 0) is 24.6 Å². The van der Waals surface area contributed by atoms with Gasteiger partial charge < -0.3 is 4.74 Å². The summed E-state index contributed by atoms with van der Waals surface area (Å²) in [5.74, 6) is -1.61. The molecule has 0 spiro atoms. The topological polar surface area (TPSA) is 98.2 Å². The highest BCUT2D eigenvalue weighted by atomic mass is 35.5. The van der Waals surface area contributed by atoms with Crippen LogP contribution in [-0.2, 0) is 19.6 Å². The molecule has 0 saturated carbocycles. The minimum atomic E-state index is -3.85. The van der Waals surface area contributed by atoms with E-state index in [4.69, 9.17) is 11.6 Å². The molecule has 17 heavy (non-hydrogen) atoms. The number of sulfonamides is 1. The standard InChI is InChI=1S/C8H10ClN3O4S/c1-2-16-7(13)5-17(14,15)12-6-3-4-10-8(9)11-6/h3-4H,2,5H2,1H3,(H,10,11,12). The number of anilines is 1. The molecule has 9 heteroatoms. The van der Waals surface area contributed by atoms with Crippen molar-refractivity contribution in [1.82, 2.24) is 9.97 Å². The van der Waals surface area contributed by atoms with Gasteiger partial charge in [-0.3, -0.25) is 9.52 Å². The summed E-state index contributed by atoms with van der Waals surface area (Å²) in [5, 5.41) is -0.0960. The van der Waals surface area contributed by atoms with Gasteiger partial charge in [-0.25, -0.2) is 13.4 Å². The Hall–Kier alpha value is -1.41. The molecule has 1 aromatic heterocycles. The van der Waals surface area contributed by atoms with E-state index in [9.17, 15) is 13.2 Å². The van der Waals surface area contributed by atoms with E-state index in [0.717, 1.165) is 0 Å². The molecule has 0 amide bonds. The van der Waals surface area contributed by atoms with Crippen LogP contribution < -0.4 is 4.72 Å². The van der Waals surface area contributed by atoms with Gasteiger partial charge in [-0.2, -0.15) is 4.98 Å². The summed E-state index contributed by atoms with van der Waals surface area (Å²) >= 11 is 5.48. The van der Waals surface area contributed by atoms with Crippen LogP contribution in [0.15, 0.2) is 12.3 Å². The molecule has 1 N–H and O–H groups in total. The minimum Gasteiger partial charge on any atom is -0.465 e. The lowest BCUT2D eigenvalue weighted by Gasteiger charge is -2.06. The Balaban J connectivity index is 2.70. The summed E-state index contributed by atoms with van der Waals surface area (Å²) < 4.78 is 29.6. The van der Waals surface area contributed by atoms with Gasteiger partial charge in [0, 0.05) is 6.20 Å². The maximum absolute atomic E-state index is 11.5. The molecule has 0 fully saturated rings. The molecular formula is C8H10ClN3O4S. The fourth-order valence-corrected chi connectivity index (χ4v) is 1.99. The molecule has 0 aliphatic rings. The largest absolute Gasteiger partial charge is 0.465 e. The molecular weight excluding hydrogens is 270 g/mol. The highest BCUT2D eigenvalue weighted by Gasteiger charge is 2.18. The Bertz CT molecular complexity index is 505. The van der Waals surface area contributed by atoms with Crippen LogP contribution in [0.5, 0.6) is 0 Å². The van der Waals surface area contributed by atoms with Crippen LogP contribution in [0.25, 0.3) is 0 Å². The third kappa shape index (κ3) is 4.96. The van der Waals surface area contributed by atoms with Gasteiger partial charge in [0.2, 0.25) is 15.3 Å². The van der Waals surface area contributed by atoms with Crippen LogP contribution in [-0.4, -0.2) is 36.7 Å². The normalized spacial score (nSPS) is 10.9. The maximum atomic E-state index is 11.5. The first kappa shape index (κ1) is 13.7. The zero-order valence-electron chi connectivity index (χ0n) is 8.88. The number of carbonyl (C=O) groups excluding carboxylic acids is 1. The molecule has 0 saturated heterocycles. The third-order valence-corrected chi connectivity index (χ3v) is 2.82. The molecule has 7 nitrogen and oxygen atoms in total. The molecule has 0 atom stereocenters. The van der Waals surface area contributed by atoms with E-state index in [1.54, 1.807) is 6.92 Å². The van der Waals surface area contributed by atoms with Crippen molar-refractivity contribution in [3.8, 4) is 0 Å². The first-order valence-corrected chi connectivity index (χ1v) is 6.60. The number of aromatic nitrogens is 2. The van der Waals surface area contributed by atoms with Crippen molar-refractivity contribution < 1.29 is 17.9 Å². The molecule has 0 aliphatic heterocycles. The summed E-state index contributed by atoms with van der Waals surface area (Å²) in [5.41, 5.74) is 0. The highest BCUT2D eigenvalue weighted by molar-refractivity contribution is 7.93. The van der Waals surface area contributed by atoms with Gasteiger partial charge in [-0.1, -0.05) is 0 Å². The fourth-order valence-electron chi connectivity index (χ4n) is 0.945. The van der Waals surface area contributed by atoms with Gasteiger partial charge in [0.25, 0.3) is 0 Å². The van der Waals surface area contributed by atoms with Crippen molar-refractivity contribution >= 4 is 33.4 Å². The molecule has 0 aliphatic carbocycles.